The molecule has 2 saturated heterocycles. The molecule has 8 nitrogen and oxygen atoms in total. The standard InChI is InChI=1S/C21H24ClF3N4O4/c22-15-1-2-17(33-21(23,24)25)14(11-15)12-27-8-4-20(13-27)5-9-28(10-6-20)19(32)29-7-3-16(26-29)18(30)31/h1-3,7,11,18,30-31H,4-6,8-10,12-13H2. The van der Waals surface area contributed by atoms with Crippen LogP contribution in [-0.4, -0.2) is 68.4 Å². The number of amides is 1. The normalized spacial score (nSPS) is 18.9. The molecule has 0 unspecified atom stereocenters. The van der Waals surface area contributed by atoms with Crippen LogP contribution in [0.15, 0.2) is 30.5 Å². The van der Waals surface area contributed by atoms with Gasteiger partial charge in [-0.25, -0.2) is 4.79 Å². The Balaban J connectivity index is 1.36. The molecule has 4 rings (SSSR count). The third-order valence-corrected chi connectivity index (χ3v) is 6.56. The van der Waals surface area contributed by atoms with Crippen LogP contribution in [0.25, 0.3) is 0 Å². The van der Waals surface area contributed by atoms with Crippen LogP contribution in [0, 0.1) is 5.41 Å². The van der Waals surface area contributed by atoms with E-state index in [2.05, 4.69) is 14.7 Å². The number of aliphatic hydroxyl groups excluding tert-OH is 1. The lowest BCUT2D eigenvalue weighted by Gasteiger charge is -2.39. The Labute approximate surface area is 193 Å². The quantitative estimate of drug-likeness (QED) is 0.641. The van der Waals surface area contributed by atoms with Crippen LogP contribution in [0.3, 0.4) is 0 Å². The van der Waals surface area contributed by atoms with Crippen LogP contribution in [0.1, 0.15) is 36.8 Å². The molecule has 0 bridgehead atoms. The molecule has 2 fully saturated rings. The molecule has 33 heavy (non-hydrogen) atoms. The molecule has 1 spiro atoms. The molecule has 1 aromatic carbocycles. The molecule has 12 heteroatoms. The number of carbonyl (C=O) groups excluding carboxylic acids is 1. The van der Waals surface area contributed by atoms with Crippen molar-refractivity contribution in [2.24, 2.45) is 5.41 Å². The number of benzene rings is 1. The fraction of sp³-hybridized carbons (Fsp3) is 0.524. The topological polar surface area (TPSA) is 91.1 Å². The zero-order chi connectivity index (χ0) is 23.8. The molecule has 2 aliphatic heterocycles. The van der Waals surface area contributed by atoms with Crippen molar-refractivity contribution in [2.45, 2.75) is 38.5 Å². The summed E-state index contributed by atoms with van der Waals surface area (Å²) in [6.45, 7) is 2.75. The van der Waals surface area contributed by atoms with E-state index in [1.807, 2.05) is 0 Å². The maximum absolute atomic E-state index is 12.8. The van der Waals surface area contributed by atoms with Crippen LogP contribution in [0.4, 0.5) is 18.0 Å². The summed E-state index contributed by atoms with van der Waals surface area (Å²) < 4.78 is 43.5. The third kappa shape index (κ3) is 5.60. The molecule has 2 N–H and O–H groups in total. The number of carbonyl (C=O) groups is 1. The molecule has 0 radical (unpaired) electrons. The lowest BCUT2D eigenvalue weighted by Crippen LogP contribution is -2.45. The van der Waals surface area contributed by atoms with Crippen molar-refractivity contribution >= 4 is 17.6 Å². The van der Waals surface area contributed by atoms with Crippen LogP contribution < -0.4 is 4.74 Å². The molecule has 180 valence electrons. The van der Waals surface area contributed by atoms with Crippen molar-refractivity contribution in [1.82, 2.24) is 19.6 Å². The van der Waals surface area contributed by atoms with Gasteiger partial charge in [0.2, 0.25) is 0 Å². The van der Waals surface area contributed by atoms with E-state index in [0.717, 1.165) is 30.5 Å². The summed E-state index contributed by atoms with van der Waals surface area (Å²) in [7, 11) is 0. The highest BCUT2D eigenvalue weighted by Crippen LogP contribution is 2.41. The Bertz CT molecular complexity index is 1010. The zero-order valence-corrected chi connectivity index (χ0v) is 18.4. The molecule has 2 aliphatic rings. The third-order valence-electron chi connectivity index (χ3n) is 6.32. The molecule has 1 aromatic heterocycles. The molecule has 0 aliphatic carbocycles. The number of halogens is 4. The summed E-state index contributed by atoms with van der Waals surface area (Å²) in [5.41, 5.74) is 0.361. The van der Waals surface area contributed by atoms with Crippen molar-refractivity contribution in [1.29, 1.82) is 0 Å². The van der Waals surface area contributed by atoms with Crippen molar-refractivity contribution in [3.8, 4) is 5.75 Å². The van der Waals surface area contributed by atoms with Gasteiger partial charge in [0.05, 0.1) is 0 Å². The molecule has 3 heterocycles. The van der Waals surface area contributed by atoms with Gasteiger partial charge in [-0.1, -0.05) is 11.6 Å². The Hall–Kier alpha value is -2.34. The van der Waals surface area contributed by atoms with Crippen LogP contribution >= 0.6 is 11.6 Å². The summed E-state index contributed by atoms with van der Waals surface area (Å²) in [4.78, 5) is 16.4. The highest BCUT2D eigenvalue weighted by atomic mass is 35.5. The van der Waals surface area contributed by atoms with Gasteiger partial charge in [-0.3, -0.25) is 4.90 Å². The van der Waals surface area contributed by atoms with Crippen molar-refractivity contribution in [2.75, 3.05) is 26.2 Å². The van der Waals surface area contributed by atoms with E-state index in [-0.39, 0.29) is 29.4 Å². The van der Waals surface area contributed by atoms with Crippen LogP contribution in [-0.2, 0) is 6.54 Å². The number of ether oxygens (including phenoxy) is 1. The van der Waals surface area contributed by atoms with E-state index in [0.29, 0.717) is 30.2 Å². The number of likely N-dealkylation sites (tertiary alicyclic amines) is 2. The van der Waals surface area contributed by atoms with Gasteiger partial charge in [0.25, 0.3) is 0 Å². The van der Waals surface area contributed by atoms with E-state index in [9.17, 15) is 18.0 Å². The summed E-state index contributed by atoms with van der Waals surface area (Å²) in [5, 5.41) is 22.6. The van der Waals surface area contributed by atoms with E-state index in [1.165, 1.54) is 30.5 Å². The Kier molecular flexibility index (Phi) is 6.59. The predicted molar refractivity (Wildman–Crippen MR) is 111 cm³/mol. The van der Waals surface area contributed by atoms with E-state index >= 15 is 0 Å². The van der Waals surface area contributed by atoms with Gasteiger partial charge < -0.3 is 19.8 Å². The summed E-state index contributed by atoms with van der Waals surface area (Å²) in [6.07, 6.45) is -2.73. The predicted octanol–water partition coefficient (Wildman–Crippen LogP) is 3.37. The number of piperidine rings is 1. The second-order valence-electron chi connectivity index (χ2n) is 8.59. The minimum Gasteiger partial charge on any atom is -0.405 e. The van der Waals surface area contributed by atoms with Crippen molar-refractivity contribution in [3.05, 3.63) is 46.7 Å². The first-order valence-corrected chi connectivity index (χ1v) is 10.9. The molecule has 0 saturated carbocycles. The second kappa shape index (κ2) is 9.13. The Morgan fingerprint density at radius 3 is 2.52 bits per heavy atom. The Morgan fingerprint density at radius 1 is 1.18 bits per heavy atom. The highest BCUT2D eigenvalue weighted by molar-refractivity contribution is 6.30. The van der Waals surface area contributed by atoms with Gasteiger partial charge in [0, 0.05) is 43.0 Å². The zero-order valence-electron chi connectivity index (χ0n) is 17.6. The largest absolute Gasteiger partial charge is 0.573 e. The van der Waals surface area contributed by atoms with E-state index in [1.54, 1.807) is 4.90 Å². The van der Waals surface area contributed by atoms with Gasteiger partial charge in [-0.05, 0) is 55.5 Å². The Morgan fingerprint density at radius 2 is 1.88 bits per heavy atom. The molecule has 0 atom stereocenters. The van der Waals surface area contributed by atoms with E-state index in [4.69, 9.17) is 21.8 Å². The second-order valence-corrected chi connectivity index (χ2v) is 9.03. The van der Waals surface area contributed by atoms with Gasteiger partial charge in [0.1, 0.15) is 11.4 Å². The van der Waals surface area contributed by atoms with Crippen molar-refractivity contribution < 1.29 is 32.9 Å². The number of rotatable bonds is 4. The first-order chi connectivity index (χ1) is 15.5. The smallest absolute Gasteiger partial charge is 0.405 e. The molecular formula is C21H24ClF3N4O4. The molecule has 2 aromatic rings. The SMILES string of the molecule is O=C(N1CCC2(CCN(Cc3cc(Cl)ccc3OC(F)(F)F)C2)CC1)n1ccc(C(O)O)n1. The van der Waals surface area contributed by atoms with Gasteiger partial charge in [-0.2, -0.15) is 9.78 Å². The monoisotopic (exact) mass is 488 g/mol. The average Bonchev–Trinajstić information content (AvgIpc) is 3.38. The minimum absolute atomic E-state index is 0.00171. The van der Waals surface area contributed by atoms with Gasteiger partial charge in [-0.15, -0.1) is 13.2 Å². The number of aromatic nitrogens is 2. The highest BCUT2D eigenvalue weighted by Gasteiger charge is 2.42. The number of aliphatic hydroxyl groups is 2. The summed E-state index contributed by atoms with van der Waals surface area (Å²) in [6, 6.07) is 5.14. The lowest BCUT2D eigenvalue weighted by atomic mass is 9.78. The molecule has 1 amide bonds. The maximum Gasteiger partial charge on any atom is 0.573 e. The number of hydrogen-bond donors (Lipinski definition) is 2. The number of hydrogen-bond acceptors (Lipinski definition) is 6. The van der Waals surface area contributed by atoms with Crippen LogP contribution in [0.5, 0.6) is 5.75 Å². The first-order valence-electron chi connectivity index (χ1n) is 10.5. The average molecular weight is 489 g/mol. The first kappa shape index (κ1) is 23.8. The summed E-state index contributed by atoms with van der Waals surface area (Å²) in [5.74, 6) is -0.250. The number of nitrogens with zero attached hydrogens (tertiary/aromatic N) is 4. The summed E-state index contributed by atoms with van der Waals surface area (Å²) >= 11 is 6.00. The minimum atomic E-state index is -4.78. The fourth-order valence-corrected chi connectivity index (χ4v) is 4.80. The maximum atomic E-state index is 12.8. The number of alkyl halides is 3. The lowest BCUT2D eigenvalue weighted by molar-refractivity contribution is -0.275. The van der Waals surface area contributed by atoms with E-state index < -0.39 is 12.7 Å². The van der Waals surface area contributed by atoms with Gasteiger partial charge >= 0.3 is 12.4 Å². The van der Waals surface area contributed by atoms with Crippen molar-refractivity contribution in [3.63, 3.8) is 0 Å². The fourth-order valence-electron chi connectivity index (χ4n) is 4.61. The van der Waals surface area contributed by atoms with Crippen LogP contribution in [0.2, 0.25) is 5.02 Å². The molecular weight excluding hydrogens is 465 g/mol. The van der Waals surface area contributed by atoms with Gasteiger partial charge in [0.15, 0.2) is 6.29 Å².